The average molecular weight is 535 g/mol. The summed E-state index contributed by atoms with van der Waals surface area (Å²) in [7, 11) is 0. The first-order chi connectivity index (χ1) is 17.3. The number of carbonyl (C=O) groups is 3. The number of amides is 3. The molecule has 36 heavy (non-hydrogen) atoms. The highest BCUT2D eigenvalue weighted by Gasteiger charge is 2.38. The predicted octanol–water partition coefficient (Wildman–Crippen LogP) is 2.95. The molecular weight excluding hydrogens is 511 g/mol. The van der Waals surface area contributed by atoms with E-state index in [1.807, 2.05) is 0 Å². The van der Waals surface area contributed by atoms with Crippen LogP contribution in [0.2, 0.25) is 5.02 Å². The summed E-state index contributed by atoms with van der Waals surface area (Å²) < 4.78 is 21.5. The lowest BCUT2D eigenvalue weighted by Gasteiger charge is -2.25. The summed E-state index contributed by atoms with van der Waals surface area (Å²) in [6, 6.07) is 10.7. The van der Waals surface area contributed by atoms with Gasteiger partial charge in [0, 0.05) is 28.9 Å². The Morgan fingerprint density at radius 2 is 2.06 bits per heavy atom. The quantitative estimate of drug-likeness (QED) is 0.429. The predicted molar refractivity (Wildman–Crippen MR) is 134 cm³/mol. The number of aromatic nitrogens is 1. The maximum atomic E-state index is 14.8. The largest absolute Gasteiger partial charge is 0.491 e. The standard InChI is InChI=1S/C24H24ClFN4O5S/c25-17-3-1-2-15(10-17)13-30(26)22(33)23-28(6-9-36-23)21(32)11-16-14-29(24(27)34)20-5-4-18(12-19(16)20)35-8-7-31/h1-5,10,12,14,23,31H,6-9,11,13H2,(H2,27,34). The SMILES string of the molecule is NC(=O)n1cc(CC(=O)N2CCSC2C(=O)N(F)Cc2cccc(Cl)c2)c2cc(OCCO)ccc21. The number of primary amides is 1. The zero-order chi connectivity index (χ0) is 25.8. The Hall–Kier alpha value is -3.28. The van der Waals surface area contributed by atoms with Gasteiger partial charge in [-0.15, -0.1) is 11.8 Å². The van der Waals surface area contributed by atoms with Crippen molar-refractivity contribution in [1.29, 1.82) is 0 Å². The third-order valence-corrected chi connectivity index (χ3v) is 7.09. The Bertz CT molecular complexity index is 1300. The van der Waals surface area contributed by atoms with Crippen molar-refractivity contribution in [3.05, 3.63) is 64.8 Å². The molecule has 1 aliphatic heterocycles. The van der Waals surface area contributed by atoms with E-state index in [2.05, 4.69) is 0 Å². The number of thioether (sulfide) groups is 1. The van der Waals surface area contributed by atoms with Crippen LogP contribution < -0.4 is 10.5 Å². The van der Waals surface area contributed by atoms with Gasteiger partial charge in [0.05, 0.1) is 25.1 Å². The van der Waals surface area contributed by atoms with Gasteiger partial charge in [0.1, 0.15) is 12.4 Å². The van der Waals surface area contributed by atoms with Crippen molar-refractivity contribution in [3.8, 4) is 5.75 Å². The summed E-state index contributed by atoms with van der Waals surface area (Å²) >= 11 is 7.13. The van der Waals surface area contributed by atoms with Crippen molar-refractivity contribution < 1.29 is 28.7 Å². The molecule has 2 heterocycles. The molecule has 3 N–H and O–H groups in total. The summed E-state index contributed by atoms with van der Waals surface area (Å²) in [5.41, 5.74) is 7.01. The van der Waals surface area contributed by atoms with Crippen molar-refractivity contribution in [2.45, 2.75) is 18.3 Å². The van der Waals surface area contributed by atoms with E-state index in [0.717, 1.165) is 0 Å². The molecule has 0 radical (unpaired) electrons. The van der Waals surface area contributed by atoms with Crippen molar-refractivity contribution in [2.75, 3.05) is 25.5 Å². The second kappa shape index (κ2) is 11.2. The summed E-state index contributed by atoms with van der Waals surface area (Å²) in [5, 5.41) is 9.10. The van der Waals surface area contributed by atoms with Crippen LogP contribution in [0.1, 0.15) is 11.1 Å². The van der Waals surface area contributed by atoms with Crippen LogP contribution in [-0.4, -0.2) is 68.4 Å². The Morgan fingerprint density at radius 1 is 1.25 bits per heavy atom. The fourth-order valence-electron chi connectivity index (χ4n) is 4.04. The lowest BCUT2D eigenvalue weighted by molar-refractivity contribution is -0.153. The first kappa shape index (κ1) is 25.8. The van der Waals surface area contributed by atoms with E-state index in [-0.39, 0.29) is 43.8 Å². The van der Waals surface area contributed by atoms with Gasteiger partial charge in [0.15, 0.2) is 5.37 Å². The third-order valence-electron chi connectivity index (χ3n) is 5.67. The molecule has 1 saturated heterocycles. The normalized spacial score (nSPS) is 15.3. The van der Waals surface area contributed by atoms with E-state index in [1.165, 1.54) is 27.4 Å². The van der Waals surface area contributed by atoms with Crippen LogP contribution in [0.3, 0.4) is 0 Å². The molecule has 4 rings (SSSR count). The van der Waals surface area contributed by atoms with Gasteiger partial charge in [-0.25, -0.2) is 4.79 Å². The Kier molecular flexibility index (Phi) is 8.02. The number of fused-ring (bicyclic) bond motifs is 1. The molecule has 0 aliphatic carbocycles. The van der Waals surface area contributed by atoms with Crippen molar-refractivity contribution in [3.63, 3.8) is 0 Å². The molecule has 0 bridgehead atoms. The highest BCUT2D eigenvalue weighted by Crippen LogP contribution is 2.30. The van der Waals surface area contributed by atoms with Gasteiger partial charge in [0.25, 0.3) is 5.91 Å². The minimum Gasteiger partial charge on any atom is -0.491 e. The number of carbonyl (C=O) groups excluding carboxylic acids is 3. The number of hydrogen-bond acceptors (Lipinski definition) is 6. The maximum absolute atomic E-state index is 14.8. The molecule has 1 unspecified atom stereocenters. The lowest BCUT2D eigenvalue weighted by Crippen LogP contribution is -2.44. The third kappa shape index (κ3) is 5.58. The Morgan fingerprint density at radius 3 is 2.78 bits per heavy atom. The molecule has 1 atom stereocenters. The minimum absolute atomic E-state index is 0.0833. The van der Waals surface area contributed by atoms with Crippen LogP contribution in [0.5, 0.6) is 5.75 Å². The van der Waals surface area contributed by atoms with Crippen molar-refractivity contribution in [1.82, 2.24) is 14.6 Å². The number of benzene rings is 2. The maximum Gasteiger partial charge on any atom is 0.323 e. The zero-order valence-electron chi connectivity index (χ0n) is 19.1. The first-order valence-corrected chi connectivity index (χ1v) is 12.5. The molecule has 12 heteroatoms. The Labute approximate surface area is 215 Å². The number of aliphatic hydroxyl groups is 1. The van der Waals surface area contributed by atoms with Crippen LogP contribution in [0, 0.1) is 0 Å². The number of hydrogen-bond donors (Lipinski definition) is 2. The van der Waals surface area contributed by atoms with Crippen LogP contribution in [0.4, 0.5) is 9.28 Å². The van der Waals surface area contributed by atoms with Crippen molar-refractivity contribution >= 4 is 52.1 Å². The summed E-state index contributed by atoms with van der Waals surface area (Å²) in [6.07, 6.45) is 1.34. The topological polar surface area (TPSA) is 118 Å². The second-order valence-electron chi connectivity index (χ2n) is 8.09. The lowest BCUT2D eigenvalue weighted by atomic mass is 10.1. The molecule has 0 spiro atoms. The first-order valence-electron chi connectivity index (χ1n) is 11.1. The number of halogens is 2. The van der Waals surface area contributed by atoms with E-state index >= 15 is 0 Å². The van der Waals surface area contributed by atoms with E-state index in [9.17, 15) is 18.9 Å². The van der Waals surface area contributed by atoms with E-state index in [0.29, 0.717) is 38.6 Å². The number of aliphatic hydroxyl groups excluding tert-OH is 1. The van der Waals surface area contributed by atoms with E-state index in [4.69, 9.17) is 27.2 Å². The average Bonchev–Trinajstić information content (AvgIpc) is 3.47. The Balaban J connectivity index is 1.53. The highest BCUT2D eigenvalue weighted by atomic mass is 35.5. The van der Waals surface area contributed by atoms with Gasteiger partial charge < -0.3 is 20.5 Å². The van der Waals surface area contributed by atoms with Gasteiger partial charge in [-0.1, -0.05) is 28.2 Å². The summed E-state index contributed by atoms with van der Waals surface area (Å²) in [6.45, 7) is -0.0952. The van der Waals surface area contributed by atoms with Gasteiger partial charge in [-0.05, 0) is 41.5 Å². The number of nitrogens with two attached hydrogens (primary N) is 1. The van der Waals surface area contributed by atoms with Crippen LogP contribution in [0.25, 0.3) is 10.9 Å². The van der Waals surface area contributed by atoms with Gasteiger partial charge in [-0.3, -0.25) is 14.2 Å². The number of nitrogens with zero attached hydrogens (tertiary/aromatic N) is 3. The molecule has 1 aliphatic rings. The minimum atomic E-state index is -1.00. The van der Waals surface area contributed by atoms with E-state index in [1.54, 1.807) is 42.5 Å². The van der Waals surface area contributed by atoms with Crippen LogP contribution in [0.15, 0.2) is 48.7 Å². The van der Waals surface area contributed by atoms with Gasteiger partial charge in [-0.2, -0.15) is 5.12 Å². The molecule has 3 amide bonds. The fourth-order valence-corrected chi connectivity index (χ4v) is 5.44. The highest BCUT2D eigenvalue weighted by molar-refractivity contribution is 8.00. The van der Waals surface area contributed by atoms with Gasteiger partial charge in [0.2, 0.25) is 5.91 Å². The van der Waals surface area contributed by atoms with E-state index < -0.39 is 17.3 Å². The molecule has 1 fully saturated rings. The van der Waals surface area contributed by atoms with Crippen molar-refractivity contribution in [2.24, 2.45) is 5.73 Å². The summed E-state index contributed by atoms with van der Waals surface area (Å²) in [5.74, 6) is -0.286. The smallest absolute Gasteiger partial charge is 0.323 e. The molecule has 1 aromatic heterocycles. The number of rotatable bonds is 8. The molecule has 2 aromatic carbocycles. The monoisotopic (exact) mass is 534 g/mol. The molecule has 9 nitrogen and oxygen atoms in total. The zero-order valence-corrected chi connectivity index (χ0v) is 20.7. The molecule has 190 valence electrons. The molecule has 3 aromatic rings. The molecular formula is C24H24ClFN4O5S. The summed E-state index contributed by atoms with van der Waals surface area (Å²) in [4.78, 5) is 39.4. The fraction of sp³-hybridized carbons (Fsp3) is 0.292. The van der Waals surface area contributed by atoms with Crippen LogP contribution in [-0.2, 0) is 22.6 Å². The van der Waals surface area contributed by atoms with Crippen LogP contribution >= 0.6 is 23.4 Å². The molecule has 0 saturated carbocycles. The second-order valence-corrected chi connectivity index (χ2v) is 9.71. The number of ether oxygens (including phenoxy) is 1. The van der Waals surface area contributed by atoms with Gasteiger partial charge >= 0.3 is 6.03 Å².